The molecule has 0 amide bonds. The fourth-order valence-corrected chi connectivity index (χ4v) is 1.36. The number of hydrogen-bond donors (Lipinski definition) is 1. The Kier molecular flexibility index (Phi) is 5.49. The lowest BCUT2D eigenvalue weighted by molar-refractivity contribution is -0.145. The van der Waals surface area contributed by atoms with Crippen LogP contribution in [0, 0.1) is 0 Å². The summed E-state index contributed by atoms with van der Waals surface area (Å²) in [4.78, 5) is 11.1. The Morgan fingerprint density at radius 3 is 2.53 bits per heavy atom. The van der Waals surface area contributed by atoms with Crippen molar-refractivity contribution >= 4 is 5.97 Å². The van der Waals surface area contributed by atoms with Crippen LogP contribution in [0.15, 0.2) is 24.3 Å². The molecular formula is C13H19NO3. The van der Waals surface area contributed by atoms with Gasteiger partial charge in [-0.3, -0.25) is 0 Å². The van der Waals surface area contributed by atoms with E-state index in [4.69, 9.17) is 9.47 Å². The van der Waals surface area contributed by atoms with E-state index in [0.29, 0.717) is 18.4 Å². The first-order chi connectivity index (χ1) is 8.17. The molecule has 0 fully saturated rings. The molecular weight excluding hydrogens is 218 g/mol. The van der Waals surface area contributed by atoms with Gasteiger partial charge in [0.15, 0.2) is 6.61 Å². The summed E-state index contributed by atoms with van der Waals surface area (Å²) in [5.41, 5.74) is 1.18. The minimum atomic E-state index is -0.347. The summed E-state index contributed by atoms with van der Waals surface area (Å²) in [6.07, 6.45) is 0. The Labute approximate surface area is 102 Å². The minimum absolute atomic E-state index is 0.0469. The SMILES string of the molecule is CCOC(=O)COc1ccc(C(C)NC)cc1. The molecule has 1 N–H and O–H groups in total. The fourth-order valence-electron chi connectivity index (χ4n) is 1.36. The van der Waals surface area contributed by atoms with E-state index in [1.54, 1.807) is 6.92 Å². The van der Waals surface area contributed by atoms with Gasteiger partial charge in [0.2, 0.25) is 0 Å². The van der Waals surface area contributed by atoms with Crippen LogP contribution < -0.4 is 10.1 Å². The van der Waals surface area contributed by atoms with E-state index in [0.717, 1.165) is 0 Å². The molecule has 0 aliphatic rings. The molecule has 0 spiro atoms. The molecule has 0 radical (unpaired) electrons. The van der Waals surface area contributed by atoms with E-state index in [-0.39, 0.29) is 12.6 Å². The number of carbonyl (C=O) groups is 1. The van der Waals surface area contributed by atoms with E-state index in [1.807, 2.05) is 31.3 Å². The first-order valence-corrected chi connectivity index (χ1v) is 5.73. The summed E-state index contributed by atoms with van der Waals surface area (Å²) < 4.78 is 10.1. The maximum atomic E-state index is 11.1. The Hall–Kier alpha value is -1.55. The molecule has 0 saturated carbocycles. The van der Waals surface area contributed by atoms with Gasteiger partial charge in [0.1, 0.15) is 5.75 Å². The maximum absolute atomic E-state index is 11.1. The summed E-state index contributed by atoms with van der Waals surface area (Å²) in [6.45, 7) is 4.18. The van der Waals surface area contributed by atoms with Crippen molar-refractivity contribution in [3.63, 3.8) is 0 Å². The molecule has 4 heteroatoms. The van der Waals surface area contributed by atoms with Gasteiger partial charge in [-0.1, -0.05) is 12.1 Å². The number of esters is 1. The van der Waals surface area contributed by atoms with E-state index in [2.05, 4.69) is 12.2 Å². The van der Waals surface area contributed by atoms with E-state index in [1.165, 1.54) is 5.56 Å². The van der Waals surface area contributed by atoms with Gasteiger partial charge in [-0.25, -0.2) is 4.79 Å². The summed E-state index contributed by atoms with van der Waals surface area (Å²) in [5.74, 6) is 0.324. The van der Waals surface area contributed by atoms with E-state index >= 15 is 0 Å². The van der Waals surface area contributed by atoms with Crippen LogP contribution in [0.1, 0.15) is 25.5 Å². The highest BCUT2D eigenvalue weighted by Crippen LogP contribution is 2.17. The molecule has 17 heavy (non-hydrogen) atoms. The molecule has 0 aromatic heterocycles. The predicted molar refractivity (Wildman–Crippen MR) is 66.0 cm³/mol. The van der Waals surface area contributed by atoms with E-state index < -0.39 is 0 Å². The van der Waals surface area contributed by atoms with Crippen molar-refractivity contribution in [1.82, 2.24) is 5.32 Å². The number of carbonyl (C=O) groups excluding carboxylic acids is 1. The Morgan fingerprint density at radius 2 is 2.00 bits per heavy atom. The Balaban J connectivity index is 2.48. The smallest absolute Gasteiger partial charge is 0.344 e. The fraction of sp³-hybridized carbons (Fsp3) is 0.462. The molecule has 4 nitrogen and oxygen atoms in total. The zero-order valence-electron chi connectivity index (χ0n) is 10.5. The highest BCUT2D eigenvalue weighted by atomic mass is 16.6. The number of ether oxygens (including phenoxy) is 2. The van der Waals surface area contributed by atoms with Crippen LogP contribution in [0.2, 0.25) is 0 Å². The Bertz CT molecular complexity index is 348. The van der Waals surface area contributed by atoms with Crippen molar-refractivity contribution in [2.75, 3.05) is 20.3 Å². The molecule has 1 aromatic carbocycles. The third-order valence-electron chi connectivity index (χ3n) is 2.48. The van der Waals surface area contributed by atoms with Gasteiger partial charge in [0.25, 0.3) is 0 Å². The monoisotopic (exact) mass is 237 g/mol. The lowest BCUT2D eigenvalue weighted by Crippen LogP contribution is -2.15. The van der Waals surface area contributed by atoms with Gasteiger partial charge in [-0.15, -0.1) is 0 Å². The Morgan fingerprint density at radius 1 is 1.35 bits per heavy atom. The van der Waals surface area contributed by atoms with Crippen LogP contribution in [0.5, 0.6) is 5.75 Å². The second-order valence-electron chi connectivity index (χ2n) is 3.67. The van der Waals surface area contributed by atoms with Gasteiger partial charge < -0.3 is 14.8 Å². The first-order valence-electron chi connectivity index (χ1n) is 5.73. The molecule has 1 aromatic rings. The van der Waals surface area contributed by atoms with Crippen molar-refractivity contribution in [3.05, 3.63) is 29.8 Å². The summed E-state index contributed by atoms with van der Waals surface area (Å²) in [5, 5.41) is 3.15. The largest absolute Gasteiger partial charge is 0.482 e. The average Bonchev–Trinajstić information content (AvgIpc) is 2.36. The molecule has 0 saturated heterocycles. The molecule has 94 valence electrons. The highest BCUT2D eigenvalue weighted by molar-refractivity contribution is 5.71. The van der Waals surface area contributed by atoms with Crippen molar-refractivity contribution in [1.29, 1.82) is 0 Å². The molecule has 1 atom stereocenters. The van der Waals surface area contributed by atoms with E-state index in [9.17, 15) is 4.79 Å². The second kappa shape index (κ2) is 6.91. The number of rotatable bonds is 6. The van der Waals surface area contributed by atoms with Crippen LogP contribution in [-0.2, 0) is 9.53 Å². The topological polar surface area (TPSA) is 47.6 Å². The molecule has 0 aliphatic carbocycles. The van der Waals surface area contributed by atoms with Crippen molar-refractivity contribution < 1.29 is 14.3 Å². The molecule has 0 bridgehead atoms. The average molecular weight is 237 g/mol. The van der Waals surface area contributed by atoms with Gasteiger partial charge >= 0.3 is 5.97 Å². The number of benzene rings is 1. The third-order valence-corrected chi connectivity index (χ3v) is 2.48. The van der Waals surface area contributed by atoms with Gasteiger partial charge in [-0.2, -0.15) is 0 Å². The zero-order valence-corrected chi connectivity index (χ0v) is 10.5. The van der Waals surface area contributed by atoms with Crippen LogP contribution >= 0.6 is 0 Å². The highest BCUT2D eigenvalue weighted by Gasteiger charge is 2.04. The lowest BCUT2D eigenvalue weighted by atomic mass is 10.1. The van der Waals surface area contributed by atoms with Crippen LogP contribution in [0.4, 0.5) is 0 Å². The van der Waals surface area contributed by atoms with Gasteiger partial charge in [0, 0.05) is 6.04 Å². The third kappa shape index (κ3) is 4.44. The normalized spacial score (nSPS) is 11.9. The van der Waals surface area contributed by atoms with Crippen molar-refractivity contribution in [2.45, 2.75) is 19.9 Å². The summed E-state index contributed by atoms with van der Waals surface area (Å²) >= 11 is 0. The van der Waals surface area contributed by atoms with Crippen molar-refractivity contribution in [3.8, 4) is 5.75 Å². The minimum Gasteiger partial charge on any atom is -0.482 e. The molecule has 1 rings (SSSR count). The first kappa shape index (κ1) is 13.5. The standard InChI is InChI=1S/C13H19NO3/c1-4-16-13(15)9-17-12-7-5-11(6-8-12)10(2)14-3/h5-8,10,14H,4,9H2,1-3H3. The summed E-state index contributed by atoms with van der Waals surface area (Å²) in [7, 11) is 1.91. The number of nitrogens with one attached hydrogen (secondary N) is 1. The molecule has 0 aliphatic heterocycles. The number of hydrogen-bond acceptors (Lipinski definition) is 4. The zero-order chi connectivity index (χ0) is 12.7. The quantitative estimate of drug-likeness (QED) is 0.768. The molecule has 0 heterocycles. The predicted octanol–water partition coefficient (Wildman–Crippen LogP) is 1.91. The molecule has 1 unspecified atom stereocenters. The van der Waals surface area contributed by atoms with Gasteiger partial charge in [-0.05, 0) is 38.6 Å². The summed E-state index contributed by atoms with van der Waals surface area (Å²) in [6, 6.07) is 7.95. The van der Waals surface area contributed by atoms with Crippen LogP contribution in [0.3, 0.4) is 0 Å². The lowest BCUT2D eigenvalue weighted by Gasteiger charge is -2.11. The van der Waals surface area contributed by atoms with Gasteiger partial charge in [0.05, 0.1) is 6.61 Å². The van der Waals surface area contributed by atoms with Crippen molar-refractivity contribution in [2.24, 2.45) is 0 Å². The second-order valence-corrected chi connectivity index (χ2v) is 3.67. The van der Waals surface area contributed by atoms with Crippen LogP contribution in [-0.4, -0.2) is 26.2 Å². The van der Waals surface area contributed by atoms with Crippen LogP contribution in [0.25, 0.3) is 0 Å². The maximum Gasteiger partial charge on any atom is 0.344 e.